The second kappa shape index (κ2) is 13.4. The summed E-state index contributed by atoms with van der Waals surface area (Å²) in [5.74, 6) is -2.78. The summed E-state index contributed by atoms with van der Waals surface area (Å²) in [6, 6.07) is -4.29. The van der Waals surface area contributed by atoms with Gasteiger partial charge < -0.3 is 31.9 Å². The fraction of sp³-hybridized carbons (Fsp3) is 0.778. The van der Waals surface area contributed by atoms with Gasteiger partial charge in [0.05, 0.1) is 12.1 Å². The van der Waals surface area contributed by atoms with Crippen LogP contribution in [0.3, 0.4) is 0 Å². The molecule has 0 rings (SSSR count). The van der Waals surface area contributed by atoms with Gasteiger partial charge in [0.15, 0.2) is 0 Å². The number of aliphatic hydroxyl groups excluding tert-OH is 1. The number of hydrogen-bond acceptors (Lipinski definition) is 7. The Bertz CT molecular complexity index is 575. The van der Waals surface area contributed by atoms with E-state index in [1.807, 2.05) is 13.2 Å². The van der Waals surface area contributed by atoms with E-state index in [2.05, 4.69) is 16.0 Å². The molecule has 0 aliphatic heterocycles. The quantitative estimate of drug-likeness (QED) is 0.215. The SMILES string of the molecule is CCC(C)C(N)C(=O)NC(C(=O)NC(C)C(=O)NC(CCSC)C(=O)O)C(C)O. The van der Waals surface area contributed by atoms with E-state index in [0.717, 1.165) is 0 Å². The van der Waals surface area contributed by atoms with Crippen LogP contribution in [0, 0.1) is 5.92 Å². The summed E-state index contributed by atoms with van der Waals surface area (Å²) in [7, 11) is 0. The van der Waals surface area contributed by atoms with Gasteiger partial charge in [-0.15, -0.1) is 0 Å². The topological polar surface area (TPSA) is 171 Å². The molecule has 0 aromatic rings. The Balaban J connectivity index is 4.97. The van der Waals surface area contributed by atoms with Crippen LogP contribution >= 0.6 is 11.8 Å². The summed E-state index contributed by atoms with van der Waals surface area (Å²) in [4.78, 5) is 48.2. The average Bonchev–Trinajstić information content (AvgIpc) is 2.66. The zero-order valence-corrected chi connectivity index (χ0v) is 18.4. The van der Waals surface area contributed by atoms with E-state index in [0.29, 0.717) is 12.2 Å². The monoisotopic (exact) mass is 434 g/mol. The normalized spacial score (nSPS) is 17.2. The summed E-state index contributed by atoms with van der Waals surface area (Å²) < 4.78 is 0. The fourth-order valence-electron chi connectivity index (χ4n) is 2.33. The van der Waals surface area contributed by atoms with Gasteiger partial charge >= 0.3 is 5.97 Å². The van der Waals surface area contributed by atoms with Crippen LogP contribution in [0.4, 0.5) is 0 Å². The molecule has 0 heterocycles. The Morgan fingerprint density at radius 2 is 1.59 bits per heavy atom. The molecule has 6 unspecified atom stereocenters. The molecule has 0 bridgehead atoms. The summed E-state index contributed by atoms with van der Waals surface area (Å²) >= 11 is 1.45. The minimum Gasteiger partial charge on any atom is -0.480 e. The molecule has 0 aromatic heterocycles. The molecule has 6 atom stereocenters. The standard InChI is InChI=1S/C18H34N4O6S/c1-6-9(2)13(19)16(25)22-14(11(4)23)17(26)20-10(3)15(24)21-12(18(27)28)7-8-29-5/h9-14,23H,6-8,19H2,1-5H3,(H,20,26)(H,21,24)(H,22,25)(H,27,28). The smallest absolute Gasteiger partial charge is 0.326 e. The van der Waals surface area contributed by atoms with E-state index >= 15 is 0 Å². The molecule has 11 heteroatoms. The Morgan fingerprint density at radius 3 is 2.03 bits per heavy atom. The van der Waals surface area contributed by atoms with E-state index in [1.54, 1.807) is 6.92 Å². The highest BCUT2D eigenvalue weighted by molar-refractivity contribution is 7.98. The zero-order valence-electron chi connectivity index (χ0n) is 17.6. The lowest BCUT2D eigenvalue weighted by Gasteiger charge is -2.26. The number of hydrogen-bond donors (Lipinski definition) is 6. The number of thioether (sulfide) groups is 1. The van der Waals surface area contributed by atoms with Crippen LogP contribution in [0.15, 0.2) is 0 Å². The summed E-state index contributed by atoms with van der Waals surface area (Å²) in [6.45, 7) is 6.38. The average molecular weight is 435 g/mol. The van der Waals surface area contributed by atoms with Crippen molar-refractivity contribution in [1.82, 2.24) is 16.0 Å². The molecular weight excluding hydrogens is 400 g/mol. The van der Waals surface area contributed by atoms with Crippen LogP contribution in [0.5, 0.6) is 0 Å². The Morgan fingerprint density at radius 1 is 1.00 bits per heavy atom. The maximum absolute atomic E-state index is 12.5. The van der Waals surface area contributed by atoms with Gasteiger partial charge in [0, 0.05) is 0 Å². The Kier molecular flexibility index (Phi) is 12.5. The number of amides is 3. The first-order chi connectivity index (χ1) is 13.5. The van der Waals surface area contributed by atoms with Crippen molar-refractivity contribution in [2.45, 2.75) is 70.8 Å². The molecule has 10 nitrogen and oxygen atoms in total. The van der Waals surface area contributed by atoms with Crippen LogP contribution < -0.4 is 21.7 Å². The Hall–Kier alpha value is -1.85. The third-order valence-electron chi connectivity index (χ3n) is 4.60. The molecule has 0 fully saturated rings. The first-order valence-corrected chi connectivity index (χ1v) is 10.9. The molecule has 7 N–H and O–H groups in total. The number of carboxylic acid groups (broad SMARTS) is 1. The number of nitrogens with one attached hydrogen (secondary N) is 3. The van der Waals surface area contributed by atoms with E-state index in [-0.39, 0.29) is 12.3 Å². The number of carboxylic acids is 1. The van der Waals surface area contributed by atoms with Crippen LogP contribution in [0.25, 0.3) is 0 Å². The molecular formula is C18H34N4O6S. The summed E-state index contributed by atoms with van der Waals surface area (Å²) in [5, 5.41) is 26.2. The van der Waals surface area contributed by atoms with Gasteiger partial charge in [-0.05, 0) is 38.2 Å². The molecule has 0 aromatic carbocycles. The van der Waals surface area contributed by atoms with Gasteiger partial charge in [0.2, 0.25) is 17.7 Å². The van der Waals surface area contributed by atoms with Gasteiger partial charge in [0.1, 0.15) is 18.1 Å². The highest BCUT2D eigenvalue weighted by atomic mass is 32.2. The lowest BCUT2D eigenvalue weighted by atomic mass is 9.98. The highest BCUT2D eigenvalue weighted by Gasteiger charge is 2.31. The number of carbonyl (C=O) groups excluding carboxylic acids is 3. The first-order valence-electron chi connectivity index (χ1n) is 9.52. The third kappa shape index (κ3) is 9.46. The first kappa shape index (κ1) is 27.1. The zero-order chi connectivity index (χ0) is 22.7. The van der Waals surface area contributed by atoms with Crippen molar-refractivity contribution in [2.24, 2.45) is 11.7 Å². The van der Waals surface area contributed by atoms with Crippen LogP contribution in [0.1, 0.15) is 40.5 Å². The molecule has 29 heavy (non-hydrogen) atoms. The fourth-order valence-corrected chi connectivity index (χ4v) is 2.80. The predicted octanol–water partition coefficient (Wildman–Crippen LogP) is -0.947. The number of rotatable bonds is 13. The largest absolute Gasteiger partial charge is 0.480 e. The lowest BCUT2D eigenvalue weighted by molar-refractivity contribution is -0.142. The second-order valence-electron chi connectivity index (χ2n) is 7.05. The molecule has 168 valence electrons. The summed E-state index contributed by atoms with van der Waals surface area (Å²) in [5.41, 5.74) is 5.85. The van der Waals surface area contributed by atoms with Gasteiger partial charge in [-0.25, -0.2) is 4.79 Å². The molecule has 0 saturated carbocycles. The lowest BCUT2D eigenvalue weighted by Crippen LogP contribution is -2.59. The van der Waals surface area contributed by atoms with Crippen molar-refractivity contribution in [3.05, 3.63) is 0 Å². The molecule has 0 radical (unpaired) electrons. The molecule has 3 amide bonds. The minimum atomic E-state index is -1.31. The number of carbonyl (C=O) groups is 4. The maximum Gasteiger partial charge on any atom is 0.326 e. The molecule has 0 aliphatic carbocycles. The van der Waals surface area contributed by atoms with Crippen LogP contribution in [-0.4, -0.2) is 76.2 Å². The Labute approximate surface area is 175 Å². The van der Waals surface area contributed by atoms with E-state index in [4.69, 9.17) is 5.73 Å². The molecule has 0 aliphatic rings. The number of aliphatic hydroxyl groups is 1. The highest BCUT2D eigenvalue weighted by Crippen LogP contribution is 2.06. The van der Waals surface area contributed by atoms with Gasteiger partial charge in [-0.3, -0.25) is 14.4 Å². The van der Waals surface area contributed by atoms with Crippen molar-refractivity contribution < 1.29 is 29.4 Å². The maximum atomic E-state index is 12.5. The van der Waals surface area contributed by atoms with Crippen LogP contribution in [0.2, 0.25) is 0 Å². The van der Waals surface area contributed by atoms with Crippen molar-refractivity contribution in [2.75, 3.05) is 12.0 Å². The van der Waals surface area contributed by atoms with Gasteiger partial charge in [0.25, 0.3) is 0 Å². The van der Waals surface area contributed by atoms with E-state index in [1.165, 1.54) is 25.6 Å². The third-order valence-corrected chi connectivity index (χ3v) is 5.24. The van der Waals surface area contributed by atoms with Gasteiger partial charge in [-0.2, -0.15) is 11.8 Å². The van der Waals surface area contributed by atoms with Crippen molar-refractivity contribution in [3.8, 4) is 0 Å². The van der Waals surface area contributed by atoms with Crippen molar-refractivity contribution in [3.63, 3.8) is 0 Å². The van der Waals surface area contributed by atoms with Crippen molar-refractivity contribution >= 4 is 35.5 Å². The summed E-state index contributed by atoms with van der Waals surface area (Å²) in [6.07, 6.45) is 1.49. The number of nitrogens with two attached hydrogens (primary N) is 1. The van der Waals surface area contributed by atoms with E-state index < -0.39 is 54.0 Å². The molecule has 0 spiro atoms. The molecule has 0 saturated heterocycles. The van der Waals surface area contributed by atoms with Gasteiger partial charge in [-0.1, -0.05) is 20.3 Å². The number of aliphatic carboxylic acids is 1. The minimum absolute atomic E-state index is 0.119. The predicted molar refractivity (Wildman–Crippen MR) is 111 cm³/mol. The van der Waals surface area contributed by atoms with Crippen LogP contribution in [-0.2, 0) is 19.2 Å². The van der Waals surface area contributed by atoms with Crippen molar-refractivity contribution in [1.29, 1.82) is 0 Å². The van der Waals surface area contributed by atoms with E-state index in [9.17, 15) is 29.4 Å². The second-order valence-corrected chi connectivity index (χ2v) is 8.03.